The van der Waals surface area contributed by atoms with Crippen molar-refractivity contribution in [2.24, 2.45) is 0 Å². The highest BCUT2D eigenvalue weighted by molar-refractivity contribution is 6.42. The molecule has 0 aromatic heterocycles. The number of nitrogens with zero attached hydrogens (tertiary/aromatic N) is 1. The second-order valence-corrected chi connectivity index (χ2v) is 3.54. The quantitative estimate of drug-likeness (QED) is 0.469. The monoisotopic (exact) mass is 248 g/mol. The van der Waals surface area contributed by atoms with Gasteiger partial charge in [0.2, 0.25) is 10.5 Å². The average molecular weight is 249 g/mol. The maximum atomic E-state index is 10.6. The highest BCUT2D eigenvalue weighted by Gasteiger charge is 2.16. The first-order valence-corrected chi connectivity index (χ1v) is 4.63. The Morgan fingerprint density at radius 1 is 1.43 bits per heavy atom. The molecule has 0 aliphatic carbocycles. The first-order chi connectivity index (χ1) is 6.56. The second-order valence-electron chi connectivity index (χ2n) is 2.44. The van der Waals surface area contributed by atoms with E-state index in [-0.39, 0.29) is 22.3 Å². The van der Waals surface area contributed by atoms with Crippen LogP contribution in [0.15, 0.2) is 12.1 Å². The molecule has 0 unspecified atom stereocenters. The van der Waals surface area contributed by atoms with Gasteiger partial charge in [-0.3, -0.25) is 10.1 Å². The molecule has 1 aromatic rings. The Morgan fingerprint density at radius 2 is 2.00 bits per heavy atom. The van der Waals surface area contributed by atoms with Crippen LogP contribution in [-0.4, -0.2) is 15.4 Å². The van der Waals surface area contributed by atoms with E-state index in [1.54, 1.807) is 0 Å². The zero-order valence-electron chi connectivity index (χ0n) is 6.79. The van der Waals surface area contributed by atoms with Gasteiger partial charge in [-0.25, -0.2) is 0 Å². The molecule has 4 nitrogen and oxygen atoms in total. The van der Waals surface area contributed by atoms with Crippen LogP contribution in [0.25, 0.3) is 0 Å². The summed E-state index contributed by atoms with van der Waals surface area (Å²) in [5.74, 6) is 0. The molecule has 0 heterocycles. The van der Waals surface area contributed by atoms with Crippen molar-refractivity contribution in [3.8, 4) is 0 Å². The average Bonchev–Trinajstić information content (AvgIpc) is 2.11. The molecular weight excluding hydrogens is 245 g/mol. The number of halogens is 2. The fourth-order valence-electron chi connectivity index (χ4n) is 0.941. The van der Waals surface area contributed by atoms with Crippen LogP contribution >= 0.6 is 23.2 Å². The van der Waals surface area contributed by atoms with E-state index in [2.05, 4.69) is 14.9 Å². The highest BCUT2D eigenvalue weighted by atomic mass is 35.5. The van der Waals surface area contributed by atoms with Crippen molar-refractivity contribution in [2.75, 3.05) is 0 Å². The third kappa shape index (κ3) is 2.45. The minimum Gasteiger partial charge on any atom is -0.414 e. The molecule has 0 fully saturated rings. The predicted octanol–water partition coefficient (Wildman–Crippen LogP) is 2.50. The molecule has 0 N–H and O–H groups in total. The summed E-state index contributed by atoms with van der Waals surface area (Å²) < 4.78 is 4.61. The van der Waals surface area contributed by atoms with Gasteiger partial charge in [0.15, 0.2) is 0 Å². The largest absolute Gasteiger partial charge is 0.414 e. The number of benzene rings is 1. The standard InChI is InChI=1S/C7H4Cl2NO3Si/c8-5-1-4(3-13-14)7(10(11)12)2-6(5)9/h1-2H,3H2. The maximum Gasteiger partial charge on any atom is 0.276 e. The Hall–Kier alpha value is -0.623. The molecular formula is C7H4Cl2NO3Si. The smallest absolute Gasteiger partial charge is 0.276 e. The highest BCUT2D eigenvalue weighted by Crippen LogP contribution is 2.30. The molecule has 0 spiro atoms. The summed E-state index contributed by atoms with van der Waals surface area (Å²) in [7, 11) is 2.76. The Morgan fingerprint density at radius 3 is 2.50 bits per heavy atom. The Labute approximate surface area is 93.5 Å². The number of nitro groups is 1. The fraction of sp³-hybridized carbons (Fsp3) is 0.143. The minimum absolute atomic E-state index is 0.0457. The van der Waals surface area contributed by atoms with Crippen LogP contribution in [-0.2, 0) is 11.0 Å². The van der Waals surface area contributed by atoms with E-state index in [9.17, 15) is 10.1 Å². The Balaban J connectivity index is 3.24. The maximum absolute atomic E-state index is 10.6. The third-order valence-electron chi connectivity index (χ3n) is 1.55. The molecule has 0 bridgehead atoms. The summed E-state index contributed by atoms with van der Waals surface area (Å²) >= 11 is 11.3. The van der Waals surface area contributed by atoms with Crippen molar-refractivity contribution in [2.45, 2.75) is 6.61 Å². The first-order valence-electron chi connectivity index (χ1n) is 3.47. The summed E-state index contributed by atoms with van der Waals surface area (Å²) in [6, 6.07) is 2.60. The summed E-state index contributed by atoms with van der Waals surface area (Å²) in [4.78, 5) is 10.1. The van der Waals surface area contributed by atoms with Crippen molar-refractivity contribution in [1.29, 1.82) is 0 Å². The molecule has 0 saturated heterocycles. The van der Waals surface area contributed by atoms with Gasteiger partial charge in [-0.2, -0.15) is 0 Å². The van der Waals surface area contributed by atoms with Crippen molar-refractivity contribution in [1.82, 2.24) is 0 Å². The zero-order chi connectivity index (χ0) is 10.7. The molecule has 1 rings (SSSR count). The van der Waals surface area contributed by atoms with Gasteiger partial charge in [0.1, 0.15) is 0 Å². The number of hydrogen-bond acceptors (Lipinski definition) is 3. The fourth-order valence-corrected chi connectivity index (χ4v) is 1.44. The number of nitro benzene ring substituents is 1. The normalized spacial score (nSPS) is 10.2. The van der Waals surface area contributed by atoms with Crippen LogP contribution in [0.4, 0.5) is 5.69 Å². The SMILES string of the molecule is O=[N+]([O-])c1cc(Cl)c(Cl)cc1CO[Si]. The molecule has 3 radical (unpaired) electrons. The molecule has 1 aromatic carbocycles. The van der Waals surface area contributed by atoms with Crippen LogP contribution in [0.5, 0.6) is 0 Å². The Kier molecular flexibility index (Phi) is 3.88. The third-order valence-corrected chi connectivity index (χ3v) is 2.41. The lowest BCUT2D eigenvalue weighted by Crippen LogP contribution is -1.97. The van der Waals surface area contributed by atoms with Gasteiger partial charge in [-0.15, -0.1) is 0 Å². The van der Waals surface area contributed by atoms with Gasteiger partial charge < -0.3 is 4.43 Å². The van der Waals surface area contributed by atoms with E-state index in [1.165, 1.54) is 12.1 Å². The number of hydrogen-bond donors (Lipinski definition) is 0. The van der Waals surface area contributed by atoms with Gasteiger partial charge in [0.25, 0.3) is 5.69 Å². The zero-order valence-corrected chi connectivity index (χ0v) is 9.30. The van der Waals surface area contributed by atoms with E-state index < -0.39 is 4.92 Å². The molecule has 0 saturated carbocycles. The van der Waals surface area contributed by atoms with Crippen molar-refractivity contribution in [3.63, 3.8) is 0 Å². The molecule has 73 valence electrons. The lowest BCUT2D eigenvalue weighted by atomic mass is 10.2. The van der Waals surface area contributed by atoms with Crippen LogP contribution in [0.1, 0.15) is 5.56 Å². The summed E-state index contributed by atoms with van der Waals surface area (Å²) in [5.41, 5.74) is 0.247. The molecule has 0 aliphatic rings. The van der Waals surface area contributed by atoms with Gasteiger partial charge >= 0.3 is 0 Å². The number of rotatable bonds is 3. The van der Waals surface area contributed by atoms with Gasteiger partial charge in [-0.1, -0.05) is 23.2 Å². The van der Waals surface area contributed by atoms with Gasteiger partial charge in [0.05, 0.1) is 27.1 Å². The lowest BCUT2D eigenvalue weighted by Gasteiger charge is -2.03. The summed E-state index contributed by atoms with van der Waals surface area (Å²) in [6.45, 7) is 0.0457. The predicted molar refractivity (Wildman–Crippen MR) is 53.7 cm³/mol. The molecule has 7 heteroatoms. The molecule has 0 aliphatic heterocycles. The van der Waals surface area contributed by atoms with Gasteiger partial charge in [0, 0.05) is 6.07 Å². The van der Waals surface area contributed by atoms with Crippen LogP contribution in [0.2, 0.25) is 10.0 Å². The van der Waals surface area contributed by atoms with E-state index in [0.29, 0.717) is 5.56 Å². The van der Waals surface area contributed by atoms with E-state index >= 15 is 0 Å². The first kappa shape index (κ1) is 11.5. The van der Waals surface area contributed by atoms with E-state index in [4.69, 9.17) is 23.2 Å². The van der Waals surface area contributed by atoms with Gasteiger partial charge in [-0.05, 0) is 6.07 Å². The van der Waals surface area contributed by atoms with E-state index in [1.807, 2.05) is 0 Å². The Bertz CT molecular complexity index is 372. The second kappa shape index (κ2) is 4.74. The summed E-state index contributed by atoms with van der Waals surface area (Å²) in [6.07, 6.45) is 0. The molecule has 14 heavy (non-hydrogen) atoms. The van der Waals surface area contributed by atoms with Crippen LogP contribution < -0.4 is 0 Å². The topological polar surface area (TPSA) is 52.4 Å². The van der Waals surface area contributed by atoms with Crippen LogP contribution in [0.3, 0.4) is 0 Å². The molecule has 0 amide bonds. The molecule has 0 atom stereocenters. The van der Waals surface area contributed by atoms with Crippen molar-refractivity contribution in [3.05, 3.63) is 37.9 Å². The summed E-state index contributed by atoms with van der Waals surface area (Å²) in [5, 5.41) is 11.0. The minimum atomic E-state index is -0.539. The van der Waals surface area contributed by atoms with Crippen LogP contribution in [0, 0.1) is 10.1 Å². The lowest BCUT2D eigenvalue weighted by molar-refractivity contribution is -0.385. The van der Waals surface area contributed by atoms with Crippen molar-refractivity contribution >= 4 is 39.4 Å². The van der Waals surface area contributed by atoms with E-state index in [0.717, 1.165) is 0 Å². The van der Waals surface area contributed by atoms with Crippen molar-refractivity contribution < 1.29 is 9.35 Å².